The smallest absolute Gasteiger partial charge is 0.225 e. The standard InChI is InChI=1S/C22H26Cl3N7O2/c1-11(10-33)28-20-27-9-16-18(31-20)32(13-3-5-22(2,6-4-13)19(26)34)21(29-16)30-17-14(24)7-12(23)8-15(17)25/h7-9,11,13,33H,3-6,10H2,1-2H3,(H2,26,34)(H,29,30)(H,27,28,31)/t11-,13-,22+/m0/s1. The number of fused-ring (bicyclic) bond motifs is 1. The van der Waals surface area contributed by atoms with Crippen LogP contribution >= 0.6 is 34.8 Å². The molecule has 0 radical (unpaired) electrons. The van der Waals surface area contributed by atoms with E-state index in [2.05, 4.69) is 20.6 Å². The number of halogens is 3. The molecule has 0 spiro atoms. The highest BCUT2D eigenvalue weighted by Crippen LogP contribution is 2.43. The topological polar surface area (TPSA) is 131 Å². The first-order chi connectivity index (χ1) is 16.1. The second kappa shape index (κ2) is 9.73. The monoisotopic (exact) mass is 525 g/mol. The van der Waals surface area contributed by atoms with Gasteiger partial charge in [-0.15, -0.1) is 0 Å². The lowest BCUT2D eigenvalue weighted by Crippen LogP contribution is -2.38. The van der Waals surface area contributed by atoms with Gasteiger partial charge in [0.1, 0.15) is 5.52 Å². The van der Waals surface area contributed by atoms with Crippen LogP contribution in [0.5, 0.6) is 0 Å². The van der Waals surface area contributed by atoms with Crippen LogP contribution in [0.1, 0.15) is 45.6 Å². The van der Waals surface area contributed by atoms with Crippen LogP contribution in [0.25, 0.3) is 11.2 Å². The van der Waals surface area contributed by atoms with E-state index in [1.54, 1.807) is 18.3 Å². The second-order valence-electron chi connectivity index (χ2n) is 8.96. The lowest BCUT2D eigenvalue weighted by Gasteiger charge is -2.35. The predicted octanol–water partition coefficient (Wildman–Crippen LogP) is 4.93. The molecule has 0 saturated heterocycles. The van der Waals surface area contributed by atoms with Crippen LogP contribution in [0.4, 0.5) is 17.6 Å². The Morgan fingerprint density at radius 1 is 1.26 bits per heavy atom. The maximum atomic E-state index is 12.0. The van der Waals surface area contributed by atoms with Gasteiger partial charge in [-0.1, -0.05) is 41.7 Å². The molecule has 1 aromatic carbocycles. The number of aliphatic hydroxyl groups is 1. The van der Waals surface area contributed by atoms with Gasteiger partial charge in [-0.2, -0.15) is 4.98 Å². The fourth-order valence-corrected chi connectivity index (χ4v) is 5.09. The third kappa shape index (κ3) is 4.88. The van der Waals surface area contributed by atoms with Gasteiger partial charge in [-0.25, -0.2) is 9.97 Å². The summed E-state index contributed by atoms with van der Waals surface area (Å²) in [5, 5.41) is 16.8. The van der Waals surface area contributed by atoms with Gasteiger partial charge in [0.2, 0.25) is 17.8 Å². The van der Waals surface area contributed by atoms with Crippen molar-refractivity contribution < 1.29 is 9.90 Å². The highest BCUT2D eigenvalue weighted by Gasteiger charge is 2.37. The Labute approximate surface area is 212 Å². The van der Waals surface area contributed by atoms with Crippen molar-refractivity contribution in [2.75, 3.05) is 17.2 Å². The molecule has 12 heteroatoms. The summed E-state index contributed by atoms with van der Waals surface area (Å²) in [4.78, 5) is 25.7. The second-order valence-corrected chi connectivity index (χ2v) is 10.2. The first-order valence-corrected chi connectivity index (χ1v) is 12.1. The predicted molar refractivity (Wildman–Crippen MR) is 135 cm³/mol. The molecule has 5 N–H and O–H groups in total. The number of anilines is 3. The Bertz CT molecular complexity index is 1200. The molecule has 182 valence electrons. The van der Waals surface area contributed by atoms with Crippen LogP contribution in [-0.2, 0) is 4.79 Å². The summed E-state index contributed by atoms with van der Waals surface area (Å²) in [7, 11) is 0. The molecule has 1 amide bonds. The Kier molecular flexibility index (Phi) is 7.09. The van der Waals surface area contributed by atoms with Gasteiger partial charge in [0.15, 0.2) is 5.65 Å². The largest absolute Gasteiger partial charge is 0.394 e. The van der Waals surface area contributed by atoms with Crippen LogP contribution in [0.3, 0.4) is 0 Å². The number of nitrogens with one attached hydrogen (secondary N) is 2. The van der Waals surface area contributed by atoms with E-state index in [-0.39, 0.29) is 24.6 Å². The molecule has 2 heterocycles. The van der Waals surface area contributed by atoms with Crippen molar-refractivity contribution in [3.8, 4) is 0 Å². The molecule has 1 atom stereocenters. The van der Waals surface area contributed by atoms with E-state index in [0.29, 0.717) is 69.5 Å². The first kappa shape index (κ1) is 24.8. The number of hydrogen-bond donors (Lipinski definition) is 4. The number of rotatable bonds is 7. The number of aromatic nitrogens is 4. The number of carbonyl (C=O) groups excluding carboxylic acids is 1. The lowest BCUT2D eigenvalue weighted by molar-refractivity contribution is -0.128. The van der Waals surface area contributed by atoms with Crippen LogP contribution in [0.15, 0.2) is 18.3 Å². The number of hydrogen-bond acceptors (Lipinski definition) is 7. The third-order valence-electron chi connectivity index (χ3n) is 6.34. The Morgan fingerprint density at radius 3 is 2.50 bits per heavy atom. The fourth-order valence-electron chi connectivity index (χ4n) is 4.18. The van der Waals surface area contributed by atoms with Gasteiger partial charge in [0, 0.05) is 22.5 Å². The summed E-state index contributed by atoms with van der Waals surface area (Å²) >= 11 is 18.9. The first-order valence-electron chi connectivity index (χ1n) is 10.9. The van der Waals surface area contributed by atoms with Crippen molar-refractivity contribution in [2.45, 2.75) is 51.6 Å². The van der Waals surface area contributed by atoms with Gasteiger partial charge < -0.3 is 21.5 Å². The van der Waals surface area contributed by atoms with E-state index >= 15 is 0 Å². The molecule has 1 saturated carbocycles. The number of benzene rings is 1. The number of carbonyl (C=O) groups is 1. The molecule has 0 bridgehead atoms. The maximum absolute atomic E-state index is 12.0. The van der Waals surface area contributed by atoms with Gasteiger partial charge in [0.05, 0.1) is 28.5 Å². The highest BCUT2D eigenvalue weighted by atomic mass is 35.5. The molecule has 1 aliphatic rings. The minimum absolute atomic E-state index is 0.00258. The average molecular weight is 527 g/mol. The molecule has 9 nitrogen and oxygen atoms in total. The summed E-state index contributed by atoms with van der Waals surface area (Å²) in [6.07, 6.45) is 4.33. The molecule has 3 aromatic rings. The van der Waals surface area contributed by atoms with Crippen molar-refractivity contribution in [2.24, 2.45) is 11.1 Å². The zero-order valence-corrected chi connectivity index (χ0v) is 21.0. The Hall–Kier alpha value is -2.33. The Morgan fingerprint density at radius 2 is 1.91 bits per heavy atom. The molecule has 2 aromatic heterocycles. The van der Waals surface area contributed by atoms with E-state index in [1.165, 1.54) is 0 Å². The van der Waals surface area contributed by atoms with Crippen molar-refractivity contribution >= 4 is 69.5 Å². The molecular weight excluding hydrogens is 501 g/mol. The summed E-state index contributed by atoms with van der Waals surface area (Å²) < 4.78 is 1.99. The van der Waals surface area contributed by atoms with Crippen LogP contribution < -0.4 is 16.4 Å². The highest BCUT2D eigenvalue weighted by molar-refractivity contribution is 6.41. The van der Waals surface area contributed by atoms with Crippen molar-refractivity contribution in [1.29, 1.82) is 0 Å². The molecule has 1 aliphatic carbocycles. The summed E-state index contributed by atoms with van der Waals surface area (Å²) in [6, 6.07) is 2.98. The average Bonchev–Trinajstić information content (AvgIpc) is 3.14. The van der Waals surface area contributed by atoms with E-state index in [4.69, 9.17) is 45.5 Å². The van der Waals surface area contributed by atoms with Gasteiger partial charge in [-0.3, -0.25) is 9.36 Å². The van der Waals surface area contributed by atoms with Gasteiger partial charge in [0.25, 0.3) is 0 Å². The van der Waals surface area contributed by atoms with Crippen molar-refractivity contribution in [1.82, 2.24) is 19.5 Å². The number of aliphatic hydroxyl groups excluding tert-OH is 1. The van der Waals surface area contributed by atoms with Crippen LogP contribution in [-0.4, -0.2) is 43.2 Å². The zero-order chi connectivity index (χ0) is 24.6. The fraction of sp³-hybridized carbons (Fsp3) is 0.455. The Balaban J connectivity index is 1.78. The van der Waals surface area contributed by atoms with E-state index in [1.807, 2.05) is 18.4 Å². The SMILES string of the molecule is C[C@@H](CO)Nc1ncc2nc(Nc3c(Cl)cc(Cl)cc3Cl)n([C@H]3CC[C@@](C)(C(N)=O)CC3)c2n1. The zero-order valence-electron chi connectivity index (χ0n) is 18.8. The maximum Gasteiger partial charge on any atom is 0.225 e. The summed E-state index contributed by atoms with van der Waals surface area (Å²) in [5.41, 5.74) is 6.78. The molecule has 0 aliphatic heterocycles. The van der Waals surface area contributed by atoms with Crippen molar-refractivity contribution in [3.63, 3.8) is 0 Å². The number of primary amides is 1. The number of nitrogens with zero attached hydrogens (tertiary/aromatic N) is 4. The molecule has 0 unspecified atom stereocenters. The molecule has 1 fully saturated rings. The quantitative estimate of drug-likeness (QED) is 0.343. The number of amides is 1. The van der Waals surface area contributed by atoms with Crippen LogP contribution in [0.2, 0.25) is 15.1 Å². The molecular formula is C22H26Cl3N7O2. The minimum atomic E-state index is -0.540. The third-order valence-corrected chi connectivity index (χ3v) is 7.16. The summed E-state index contributed by atoms with van der Waals surface area (Å²) in [6.45, 7) is 3.67. The van der Waals surface area contributed by atoms with Crippen molar-refractivity contribution in [3.05, 3.63) is 33.4 Å². The van der Waals surface area contributed by atoms with E-state index in [0.717, 1.165) is 0 Å². The van der Waals surface area contributed by atoms with Crippen LogP contribution in [0, 0.1) is 5.41 Å². The number of imidazole rings is 1. The summed E-state index contributed by atoms with van der Waals surface area (Å²) in [5.74, 6) is 0.587. The normalized spacial score (nSPS) is 21.4. The number of nitrogens with two attached hydrogens (primary N) is 1. The molecule has 4 rings (SSSR count). The van der Waals surface area contributed by atoms with E-state index < -0.39 is 5.41 Å². The van der Waals surface area contributed by atoms with E-state index in [9.17, 15) is 9.90 Å². The molecule has 34 heavy (non-hydrogen) atoms. The minimum Gasteiger partial charge on any atom is -0.394 e. The lowest BCUT2D eigenvalue weighted by atomic mass is 9.73. The van der Waals surface area contributed by atoms with Gasteiger partial charge in [-0.05, 0) is 44.7 Å². The van der Waals surface area contributed by atoms with Gasteiger partial charge >= 0.3 is 0 Å².